The largest absolute Gasteiger partial charge is 0.489 e. The van der Waals surface area contributed by atoms with Gasteiger partial charge in [-0.2, -0.15) is 0 Å². The normalized spacial score (nSPS) is 10.2. The van der Waals surface area contributed by atoms with Crippen LogP contribution in [0.2, 0.25) is 0 Å². The van der Waals surface area contributed by atoms with Crippen LogP contribution in [0.5, 0.6) is 5.75 Å². The summed E-state index contributed by atoms with van der Waals surface area (Å²) in [6.07, 6.45) is 0. The molecule has 1 aromatic heterocycles. The van der Waals surface area contributed by atoms with E-state index in [2.05, 4.69) is 15.9 Å². The minimum Gasteiger partial charge on any atom is -0.489 e. The molecule has 0 bridgehead atoms. The smallest absolute Gasteiger partial charge is 0.345 e. The Morgan fingerprint density at radius 1 is 1.35 bits per heavy atom. The van der Waals surface area contributed by atoms with Crippen molar-refractivity contribution in [2.75, 3.05) is 0 Å². The van der Waals surface area contributed by atoms with Gasteiger partial charge in [-0.1, -0.05) is 15.9 Å². The summed E-state index contributed by atoms with van der Waals surface area (Å²) in [6.45, 7) is 0.380. The van der Waals surface area contributed by atoms with E-state index in [9.17, 15) is 4.79 Å². The minimum absolute atomic E-state index is 0.333. The fraction of sp³-hybridized carbons (Fsp3) is 0.0833. The second kappa shape index (κ2) is 5.33. The monoisotopic (exact) mass is 312 g/mol. The maximum absolute atomic E-state index is 10.7. The number of halogens is 1. The van der Waals surface area contributed by atoms with E-state index in [1.165, 1.54) is 11.3 Å². The maximum Gasteiger partial charge on any atom is 0.345 e. The molecule has 0 radical (unpaired) electrons. The Bertz CT molecular complexity index is 519. The van der Waals surface area contributed by atoms with E-state index in [4.69, 9.17) is 9.84 Å². The molecule has 0 spiro atoms. The number of carboxylic acid groups (broad SMARTS) is 1. The fourth-order valence-electron chi connectivity index (χ4n) is 1.26. The molecule has 88 valence electrons. The molecular formula is C12H9BrO3S. The number of hydrogen-bond acceptors (Lipinski definition) is 3. The van der Waals surface area contributed by atoms with Crippen molar-refractivity contribution in [2.24, 2.45) is 0 Å². The number of carboxylic acids is 1. The summed E-state index contributed by atoms with van der Waals surface area (Å²) in [5, 5.41) is 10.6. The Morgan fingerprint density at radius 3 is 2.65 bits per heavy atom. The van der Waals surface area contributed by atoms with Crippen molar-refractivity contribution >= 4 is 33.2 Å². The zero-order valence-corrected chi connectivity index (χ0v) is 11.1. The minimum atomic E-state index is -0.898. The van der Waals surface area contributed by atoms with E-state index < -0.39 is 5.97 Å². The molecule has 3 nitrogen and oxygen atoms in total. The highest BCUT2D eigenvalue weighted by Gasteiger charge is 2.06. The van der Waals surface area contributed by atoms with Crippen LogP contribution in [0.15, 0.2) is 40.2 Å². The molecule has 2 rings (SSSR count). The van der Waals surface area contributed by atoms with Gasteiger partial charge in [0.15, 0.2) is 0 Å². The molecule has 0 fully saturated rings. The molecule has 0 aliphatic rings. The van der Waals surface area contributed by atoms with Gasteiger partial charge in [-0.15, -0.1) is 11.3 Å². The number of benzene rings is 1. The van der Waals surface area contributed by atoms with Crippen LogP contribution in [0, 0.1) is 0 Å². The van der Waals surface area contributed by atoms with Gasteiger partial charge in [-0.25, -0.2) is 4.79 Å². The summed E-state index contributed by atoms with van der Waals surface area (Å²) < 4.78 is 6.53. The molecular weight excluding hydrogens is 304 g/mol. The molecule has 0 saturated heterocycles. The van der Waals surface area contributed by atoms with E-state index in [1.54, 1.807) is 11.4 Å². The number of aromatic carboxylic acids is 1. The topological polar surface area (TPSA) is 46.5 Å². The second-order valence-electron chi connectivity index (χ2n) is 3.37. The summed E-state index contributed by atoms with van der Waals surface area (Å²) >= 11 is 4.55. The molecule has 0 saturated carbocycles. The lowest BCUT2D eigenvalue weighted by molar-refractivity contribution is 0.0702. The van der Waals surface area contributed by atoms with Crippen molar-refractivity contribution in [3.63, 3.8) is 0 Å². The van der Waals surface area contributed by atoms with Gasteiger partial charge >= 0.3 is 5.97 Å². The number of ether oxygens (including phenoxy) is 1. The summed E-state index contributed by atoms with van der Waals surface area (Å²) in [5.74, 6) is -0.138. The number of hydrogen-bond donors (Lipinski definition) is 1. The predicted octanol–water partition coefficient (Wildman–Crippen LogP) is 3.79. The highest BCUT2D eigenvalue weighted by Crippen LogP contribution is 2.19. The summed E-state index contributed by atoms with van der Waals surface area (Å²) in [6, 6.07) is 9.13. The highest BCUT2D eigenvalue weighted by atomic mass is 79.9. The highest BCUT2D eigenvalue weighted by molar-refractivity contribution is 9.10. The van der Waals surface area contributed by atoms with Crippen LogP contribution >= 0.6 is 27.3 Å². The Kier molecular flexibility index (Phi) is 3.81. The van der Waals surface area contributed by atoms with Crippen molar-refractivity contribution in [2.45, 2.75) is 6.61 Å². The lowest BCUT2D eigenvalue weighted by Gasteiger charge is -2.04. The zero-order valence-electron chi connectivity index (χ0n) is 8.72. The number of thiophene rings is 1. The average molecular weight is 313 g/mol. The molecule has 0 aliphatic carbocycles. The lowest BCUT2D eigenvalue weighted by atomic mass is 10.3. The van der Waals surface area contributed by atoms with Crippen LogP contribution in [0.4, 0.5) is 0 Å². The van der Waals surface area contributed by atoms with Crippen LogP contribution in [-0.4, -0.2) is 11.1 Å². The van der Waals surface area contributed by atoms with E-state index in [0.29, 0.717) is 11.5 Å². The van der Waals surface area contributed by atoms with Crippen LogP contribution in [0.1, 0.15) is 15.2 Å². The molecule has 0 amide bonds. The first-order valence-electron chi connectivity index (χ1n) is 4.84. The number of carbonyl (C=O) groups is 1. The van der Waals surface area contributed by atoms with Crippen molar-refractivity contribution < 1.29 is 14.6 Å². The van der Waals surface area contributed by atoms with Crippen molar-refractivity contribution in [1.29, 1.82) is 0 Å². The van der Waals surface area contributed by atoms with Crippen molar-refractivity contribution in [3.8, 4) is 5.75 Å². The van der Waals surface area contributed by atoms with Gasteiger partial charge < -0.3 is 9.84 Å². The summed E-state index contributed by atoms with van der Waals surface area (Å²) in [5.41, 5.74) is 0.871. The van der Waals surface area contributed by atoms with Gasteiger partial charge in [-0.05, 0) is 35.7 Å². The molecule has 1 aromatic carbocycles. The molecule has 2 aromatic rings. The molecule has 0 unspecified atom stereocenters. The Morgan fingerprint density at radius 2 is 2.06 bits per heavy atom. The molecule has 1 heterocycles. The van der Waals surface area contributed by atoms with Crippen LogP contribution < -0.4 is 4.74 Å². The van der Waals surface area contributed by atoms with Crippen molar-refractivity contribution in [3.05, 3.63) is 50.6 Å². The molecule has 5 heteroatoms. The average Bonchev–Trinajstić information content (AvgIpc) is 2.77. The molecule has 0 aliphatic heterocycles. The third kappa shape index (κ3) is 3.31. The first kappa shape index (κ1) is 12.1. The third-order valence-electron chi connectivity index (χ3n) is 2.08. The van der Waals surface area contributed by atoms with E-state index in [-0.39, 0.29) is 0 Å². The molecule has 1 N–H and O–H groups in total. The lowest BCUT2D eigenvalue weighted by Crippen LogP contribution is -1.94. The SMILES string of the molecule is O=C(O)c1cc(COc2ccc(Br)cc2)cs1. The first-order valence-corrected chi connectivity index (χ1v) is 6.51. The Balaban J connectivity index is 1.97. The standard InChI is InChI=1S/C12H9BrO3S/c13-9-1-3-10(4-2-9)16-6-8-5-11(12(14)15)17-7-8/h1-5,7H,6H2,(H,14,15). The number of rotatable bonds is 4. The Labute approximate surface area is 111 Å². The van der Waals surface area contributed by atoms with Gasteiger partial charge in [0.1, 0.15) is 17.2 Å². The van der Waals surface area contributed by atoms with E-state index in [1.807, 2.05) is 24.3 Å². The first-order chi connectivity index (χ1) is 8.15. The predicted molar refractivity (Wildman–Crippen MR) is 69.8 cm³/mol. The summed E-state index contributed by atoms with van der Waals surface area (Å²) in [7, 11) is 0. The zero-order chi connectivity index (χ0) is 12.3. The fourth-order valence-corrected chi connectivity index (χ4v) is 2.26. The molecule has 0 atom stereocenters. The quantitative estimate of drug-likeness (QED) is 0.934. The molecule has 17 heavy (non-hydrogen) atoms. The van der Waals surface area contributed by atoms with Gasteiger partial charge in [-0.3, -0.25) is 0 Å². The third-order valence-corrected chi connectivity index (χ3v) is 3.58. The second-order valence-corrected chi connectivity index (χ2v) is 5.19. The van der Waals surface area contributed by atoms with Gasteiger partial charge in [0.25, 0.3) is 0 Å². The van der Waals surface area contributed by atoms with Crippen LogP contribution in [0.25, 0.3) is 0 Å². The van der Waals surface area contributed by atoms with Gasteiger partial charge in [0.05, 0.1) is 0 Å². The van der Waals surface area contributed by atoms with Gasteiger partial charge in [0.2, 0.25) is 0 Å². The van der Waals surface area contributed by atoms with E-state index >= 15 is 0 Å². The Hall–Kier alpha value is -1.33. The van der Waals surface area contributed by atoms with Gasteiger partial charge in [0, 0.05) is 10.0 Å². The van der Waals surface area contributed by atoms with Crippen LogP contribution in [-0.2, 0) is 6.61 Å². The maximum atomic E-state index is 10.7. The van der Waals surface area contributed by atoms with E-state index in [0.717, 1.165) is 15.8 Å². The summed E-state index contributed by atoms with van der Waals surface area (Å²) in [4.78, 5) is 11.0. The van der Waals surface area contributed by atoms with Crippen LogP contribution in [0.3, 0.4) is 0 Å². The van der Waals surface area contributed by atoms with Crippen molar-refractivity contribution in [1.82, 2.24) is 0 Å².